The first kappa shape index (κ1) is 23.8. The van der Waals surface area contributed by atoms with Crippen LogP contribution in [-0.4, -0.2) is 41.5 Å². The lowest BCUT2D eigenvalue weighted by Crippen LogP contribution is -2.41. The van der Waals surface area contributed by atoms with E-state index >= 15 is 0 Å². The molecule has 1 fully saturated rings. The first-order valence-corrected chi connectivity index (χ1v) is 10.9. The van der Waals surface area contributed by atoms with Crippen molar-refractivity contribution in [2.75, 3.05) is 14.2 Å². The van der Waals surface area contributed by atoms with Crippen LogP contribution >= 0.6 is 12.3 Å². The molecule has 0 unspecified atom stereocenters. The van der Waals surface area contributed by atoms with Crippen molar-refractivity contribution < 1.29 is 31.4 Å². The average molecular weight is 480 g/mol. The van der Waals surface area contributed by atoms with Gasteiger partial charge in [-0.25, -0.2) is 17.7 Å². The predicted molar refractivity (Wildman–Crippen MR) is 122 cm³/mol. The van der Waals surface area contributed by atoms with E-state index in [0.29, 0.717) is 22.1 Å². The van der Waals surface area contributed by atoms with Crippen LogP contribution in [0.2, 0.25) is 0 Å². The number of hydrogen-bond acceptors (Lipinski definition) is 6. The maximum Gasteiger partial charge on any atom is 0.496 e. The van der Waals surface area contributed by atoms with Crippen molar-refractivity contribution >= 4 is 35.9 Å². The highest BCUT2D eigenvalue weighted by Crippen LogP contribution is 2.37. The van der Waals surface area contributed by atoms with Gasteiger partial charge in [0.15, 0.2) is 41.1 Å². The van der Waals surface area contributed by atoms with Crippen molar-refractivity contribution in [3.63, 3.8) is 0 Å². The molecule has 6 nitrogen and oxygen atoms in total. The molecule has 0 N–H and O–H groups in total. The van der Waals surface area contributed by atoms with E-state index in [9.17, 15) is 12.7 Å². The van der Waals surface area contributed by atoms with Crippen LogP contribution in [-0.2, 0) is 15.7 Å². The number of rotatable bonds is 6. The van der Waals surface area contributed by atoms with Crippen molar-refractivity contribution in [1.82, 2.24) is 8.96 Å². The van der Waals surface area contributed by atoms with E-state index in [2.05, 4.69) is 4.98 Å². The number of benzene rings is 1. The van der Waals surface area contributed by atoms with Gasteiger partial charge in [0.25, 0.3) is 0 Å². The second-order valence-corrected chi connectivity index (χ2v) is 9.37. The number of halogens is 3. The van der Waals surface area contributed by atoms with Crippen LogP contribution in [0.15, 0.2) is 24.5 Å². The van der Waals surface area contributed by atoms with Crippen LogP contribution < -0.4 is 14.9 Å². The van der Waals surface area contributed by atoms with Crippen LogP contribution in [0.4, 0.5) is 12.7 Å². The molecule has 176 valence electrons. The quantitative estimate of drug-likeness (QED) is 0.481. The molecular weight excluding hydrogens is 456 g/mol. The van der Waals surface area contributed by atoms with Gasteiger partial charge in [0, 0.05) is 41.3 Å². The summed E-state index contributed by atoms with van der Waals surface area (Å²) in [7, 11) is 1.88. The molecule has 3 aromatic rings. The average Bonchev–Trinajstić information content (AvgIpc) is 3.23. The number of pyridine rings is 1. The Morgan fingerprint density at radius 3 is 2.12 bits per heavy atom. The Morgan fingerprint density at radius 1 is 1.03 bits per heavy atom. The minimum atomic E-state index is -0.848. The van der Waals surface area contributed by atoms with Gasteiger partial charge in [-0.15, -0.1) is 3.89 Å². The third-order valence-electron chi connectivity index (χ3n) is 6.35. The molecule has 0 radical (unpaired) electrons. The Labute approximate surface area is 194 Å². The molecule has 1 aliphatic rings. The Morgan fingerprint density at radius 2 is 1.61 bits per heavy atom. The third kappa shape index (κ3) is 3.96. The maximum atomic E-state index is 15.0. The number of fused-ring (bicyclic) bond motifs is 1. The van der Waals surface area contributed by atoms with Gasteiger partial charge in [-0.05, 0) is 39.3 Å². The number of hydrogen-bond donors (Lipinski definition) is 0. The van der Waals surface area contributed by atoms with Crippen molar-refractivity contribution in [2.45, 2.75) is 45.3 Å². The van der Waals surface area contributed by atoms with Gasteiger partial charge < -0.3 is 18.8 Å². The molecule has 1 aliphatic heterocycles. The zero-order chi connectivity index (χ0) is 24.1. The van der Waals surface area contributed by atoms with Gasteiger partial charge in [0.1, 0.15) is 0 Å². The summed E-state index contributed by atoms with van der Waals surface area (Å²) in [5.74, 6) is -2.00. The van der Waals surface area contributed by atoms with Crippen LogP contribution in [0, 0.1) is 11.6 Å². The van der Waals surface area contributed by atoms with E-state index < -0.39 is 30.0 Å². The Kier molecular flexibility index (Phi) is 6.09. The van der Waals surface area contributed by atoms with Gasteiger partial charge in [0.2, 0.25) is 0 Å². The summed E-state index contributed by atoms with van der Waals surface area (Å²) in [6.07, 6.45) is 2.84. The monoisotopic (exact) mass is 480 g/mol. The molecule has 0 saturated carbocycles. The molecule has 3 heterocycles. The van der Waals surface area contributed by atoms with E-state index in [1.54, 1.807) is 12.3 Å². The Hall–Kier alpha value is -2.37. The number of aromatic nitrogens is 2. The second-order valence-electron chi connectivity index (χ2n) is 8.84. The molecule has 2 aromatic heterocycles. The molecular formula is C22H24BF3N2O4S. The first-order chi connectivity index (χ1) is 15.5. The highest BCUT2D eigenvalue weighted by molar-refractivity contribution is 7.92. The van der Waals surface area contributed by atoms with Gasteiger partial charge in [-0.3, -0.25) is 0 Å². The zero-order valence-electron chi connectivity index (χ0n) is 19.2. The molecule has 1 saturated heterocycles. The summed E-state index contributed by atoms with van der Waals surface area (Å²) in [6.45, 7) is 7.73. The fraction of sp³-hybridized carbons (Fsp3) is 0.409. The lowest BCUT2D eigenvalue weighted by atomic mass is 9.79. The highest BCUT2D eigenvalue weighted by Gasteiger charge is 2.51. The Bertz CT molecular complexity index is 1170. The molecule has 0 bridgehead atoms. The molecule has 33 heavy (non-hydrogen) atoms. The minimum absolute atomic E-state index is 0.0542. The van der Waals surface area contributed by atoms with Crippen LogP contribution in [0.3, 0.4) is 0 Å². The summed E-state index contributed by atoms with van der Waals surface area (Å²) in [5, 5.41) is 0.521. The predicted octanol–water partition coefficient (Wildman–Crippen LogP) is 4.60. The topological polar surface area (TPSA) is 54.7 Å². The standard InChI is InChI=1S/C22H24BF3N2O4S/c1-21(2)22(3,4)32-23(31-21)13-8-14-12(11-28(33-26)20(14)27-10-13)7-15-18(24)16(29-5)9-17(30-6)19(15)25/h8-11H,7H2,1-6H3. The number of ether oxygens (including phenoxy) is 2. The lowest BCUT2D eigenvalue weighted by molar-refractivity contribution is 0.00578. The normalized spacial score (nSPS) is 17.1. The van der Waals surface area contributed by atoms with Crippen LogP contribution in [0.25, 0.3) is 11.0 Å². The van der Waals surface area contributed by atoms with Gasteiger partial charge in [-0.1, -0.05) is 0 Å². The van der Waals surface area contributed by atoms with E-state index in [1.807, 2.05) is 27.7 Å². The molecule has 0 spiro atoms. The maximum absolute atomic E-state index is 15.0. The zero-order valence-corrected chi connectivity index (χ0v) is 20.0. The lowest BCUT2D eigenvalue weighted by Gasteiger charge is -2.32. The summed E-state index contributed by atoms with van der Waals surface area (Å²) in [6, 6.07) is 2.90. The molecule has 0 atom stereocenters. The highest BCUT2D eigenvalue weighted by atomic mass is 32.2. The smallest absolute Gasteiger partial charge is 0.494 e. The fourth-order valence-corrected chi connectivity index (χ4v) is 4.12. The number of methoxy groups -OCH3 is 2. The summed E-state index contributed by atoms with van der Waals surface area (Å²) in [5.41, 5.74) is 0.0324. The van der Waals surface area contributed by atoms with Crippen molar-refractivity contribution in [1.29, 1.82) is 0 Å². The van der Waals surface area contributed by atoms with E-state index in [1.165, 1.54) is 24.4 Å². The van der Waals surface area contributed by atoms with Gasteiger partial charge >= 0.3 is 7.12 Å². The third-order valence-corrected chi connectivity index (χ3v) is 6.77. The second kappa shape index (κ2) is 8.45. The molecule has 11 heteroatoms. The molecule has 4 rings (SSSR count). The van der Waals surface area contributed by atoms with Crippen LogP contribution in [0.5, 0.6) is 11.5 Å². The summed E-state index contributed by atoms with van der Waals surface area (Å²) >= 11 is -0.0542. The number of nitrogens with zero attached hydrogens (tertiary/aromatic N) is 2. The molecule has 0 aliphatic carbocycles. The van der Waals surface area contributed by atoms with E-state index in [-0.39, 0.29) is 35.8 Å². The van der Waals surface area contributed by atoms with Crippen molar-refractivity contribution in [3.8, 4) is 11.5 Å². The van der Waals surface area contributed by atoms with E-state index in [0.717, 1.165) is 6.07 Å². The summed E-state index contributed by atoms with van der Waals surface area (Å²) < 4.78 is 66.9. The molecule has 1 aromatic carbocycles. The SMILES string of the molecule is COc1cc(OC)c(F)c(Cc2cn(SF)c3ncc(B4OC(C)(C)C(C)(C)O4)cc23)c1F. The molecule has 0 amide bonds. The van der Waals surface area contributed by atoms with Crippen molar-refractivity contribution in [2.24, 2.45) is 0 Å². The van der Waals surface area contributed by atoms with E-state index in [4.69, 9.17) is 18.8 Å². The van der Waals surface area contributed by atoms with Gasteiger partial charge in [0.05, 0.1) is 25.4 Å². The van der Waals surface area contributed by atoms with Crippen LogP contribution in [0.1, 0.15) is 38.8 Å². The largest absolute Gasteiger partial charge is 0.496 e. The first-order valence-electron chi connectivity index (χ1n) is 10.3. The summed E-state index contributed by atoms with van der Waals surface area (Å²) in [4.78, 5) is 4.37. The van der Waals surface area contributed by atoms with Gasteiger partial charge in [-0.2, -0.15) is 0 Å². The minimum Gasteiger partial charge on any atom is -0.494 e. The van der Waals surface area contributed by atoms with Crippen molar-refractivity contribution in [3.05, 3.63) is 47.3 Å². The Balaban J connectivity index is 1.81. The fourth-order valence-electron chi connectivity index (χ4n) is 3.74.